The fourth-order valence-electron chi connectivity index (χ4n) is 6.46. The van der Waals surface area contributed by atoms with Gasteiger partial charge in [-0.05, 0) is 28.3 Å². The lowest BCUT2D eigenvalue weighted by atomic mass is 9.94. The van der Waals surface area contributed by atoms with Crippen molar-refractivity contribution in [2.24, 2.45) is 0 Å². The first-order valence-electron chi connectivity index (χ1n) is 17.8. The first-order chi connectivity index (χ1) is 26.7. The summed E-state index contributed by atoms with van der Waals surface area (Å²) in [5.74, 6) is 3.72. The average molecular weight is 693 g/mol. The predicted molar refractivity (Wildman–Crippen MR) is 217 cm³/mol. The average Bonchev–Trinajstić information content (AvgIpc) is 3.27. The van der Waals surface area contributed by atoms with E-state index >= 15 is 0 Å². The van der Waals surface area contributed by atoms with Crippen LogP contribution in [-0.4, -0.2) is 29.9 Å². The van der Waals surface area contributed by atoms with Gasteiger partial charge in [0.25, 0.3) is 0 Å². The molecule has 6 heteroatoms. The lowest BCUT2D eigenvalue weighted by Gasteiger charge is -2.14. The Kier molecular flexibility index (Phi) is 8.81. The Bertz CT molecular complexity index is 2550. The molecule has 0 radical (unpaired) electrons. The minimum Gasteiger partial charge on any atom is -0.208 e. The molecular formula is C48H32N6. The van der Waals surface area contributed by atoms with Crippen molar-refractivity contribution in [2.45, 2.75) is 0 Å². The third kappa shape index (κ3) is 6.79. The zero-order chi connectivity index (χ0) is 36.1. The number of aromatic nitrogens is 6. The van der Waals surface area contributed by atoms with Crippen molar-refractivity contribution >= 4 is 0 Å². The largest absolute Gasteiger partial charge is 0.208 e. The highest BCUT2D eigenvalue weighted by atomic mass is 15.0. The molecule has 0 aliphatic carbocycles. The van der Waals surface area contributed by atoms with Gasteiger partial charge >= 0.3 is 0 Å². The van der Waals surface area contributed by atoms with E-state index < -0.39 is 0 Å². The summed E-state index contributed by atoms with van der Waals surface area (Å²) in [7, 11) is 0. The first kappa shape index (κ1) is 32.5. The molecule has 0 aliphatic heterocycles. The fraction of sp³-hybridized carbons (Fsp3) is 0. The van der Waals surface area contributed by atoms with Gasteiger partial charge in [-0.2, -0.15) is 0 Å². The number of rotatable bonds is 8. The second-order valence-corrected chi connectivity index (χ2v) is 12.8. The molecular weight excluding hydrogens is 661 g/mol. The summed E-state index contributed by atoms with van der Waals surface area (Å²) in [4.78, 5) is 29.8. The molecule has 0 saturated carbocycles. The minimum atomic E-state index is 0.604. The Morgan fingerprint density at radius 1 is 0.185 bits per heavy atom. The summed E-state index contributed by atoms with van der Waals surface area (Å²) in [5, 5.41) is 0. The van der Waals surface area contributed by atoms with E-state index in [2.05, 4.69) is 66.7 Å². The first-order valence-corrected chi connectivity index (χ1v) is 17.8. The number of nitrogens with zero attached hydrogens (tertiary/aromatic N) is 6. The third-order valence-electron chi connectivity index (χ3n) is 9.22. The van der Waals surface area contributed by atoms with Crippen LogP contribution in [0, 0.1) is 0 Å². The standard InChI is InChI=1S/C48H32N6/c1-6-16-34(17-7-1)41-31-30-40(32-42(41)48-53-45(37-22-12-4-13-23-37)52-46(54-48)38-24-14-5-15-25-38)33-26-28-39(29-27-33)47-50-43(35-18-8-2-9-19-35)49-44(51-47)36-20-10-3-11-21-36/h1-32H. The van der Waals surface area contributed by atoms with Crippen molar-refractivity contribution in [3.05, 3.63) is 194 Å². The molecule has 254 valence electrons. The Balaban J connectivity index is 1.15. The summed E-state index contributed by atoms with van der Waals surface area (Å²) in [5.41, 5.74) is 9.72. The van der Waals surface area contributed by atoms with Crippen LogP contribution < -0.4 is 0 Å². The van der Waals surface area contributed by atoms with Gasteiger partial charge in [-0.15, -0.1) is 0 Å². The second-order valence-electron chi connectivity index (χ2n) is 12.8. The van der Waals surface area contributed by atoms with Crippen LogP contribution in [0.2, 0.25) is 0 Å². The monoisotopic (exact) mass is 692 g/mol. The Labute approximate surface area is 313 Å². The SMILES string of the molecule is c1ccc(-c2nc(-c3ccccc3)nc(-c3ccc(-c4ccc(-c5ccccc5)c(-c5nc(-c6ccccc6)nc(-c6ccccc6)n5)c4)cc3)n2)cc1. The van der Waals surface area contributed by atoms with Gasteiger partial charge in [0.1, 0.15) is 0 Å². The lowest BCUT2D eigenvalue weighted by molar-refractivity contribution is 1.07. The molecule has 2 heterocycles. The van der Waals surface area contributed by atoms with Crippen LogP contribution >= 0.6 is 0 Å². The van der Waals surface area contributed by atoms with E-state index in [0.29, 0.717) is 34.9 Å². The van der Waals surface area contributed by atoms with E-state index in [1.54, 1.807) is 0 Å². The molecule has 0 N–H and O–H groups in total. The van der Waals surface area contributed by atoms with Crippen LogP contribution in [0.5, 0.6) is 0 Å². The van der Waals surface area contributed by atoms with Crippen LogP contribution in [-0.2, 0) is 0 Å². The normalized spacial score (nSPS) is 11.0. The molecule has 9 aromatic rings. The van der Waals surface area contributed by atoms with Crippen LogP contribution in [0.3, 0.4) is 0 Å². The van der Waals surface area contributed by atoms with E-state index in [1.807, 2.05) is 127 Å². The minimum absolute atomic E-state index is 0.604. The predicted octanol–water partition coefficient (Wildman–Crippen LogP) is 11.4. The molecule has 7 aromatic carbocycles. The molecule has 0 fully saturated rings. The highest BCUT2D eigenvalue weighted by Gasteiger charge is 2.18. The van der Waals surface area contributed by atoms with Gasteiger partial charge in [-0.3, -0.25) is 0 Å². The van der Waals surface area contributed by atoms with E-state index in [1.165, 1.54) is 0 Å². The Morgan fingerprint density at radius 2 is 0.463 bits per heavy atom. The molecule has 9 rings (SSSR count). The van der Waals surface area contributed by atoms with Crippen LogP contribution in [0.1, 0.15) is 0 Å². The number of benzene rings is 7. The summed E-state index contributed by atoms with van der Waals surface area (Å²) in [6.07, 6.45) is 0. The number of hydrogen-bond acceptors (Lipinski definition) is 6. The van der Waals surface area contributed by atoms with E-state index in [0.717, 1.165) is 55.6 Å². The highest BCUT2D eigenvalue weighted by Crippen LogP contribution is 2.36. The molecule has 54 heavy (non-hydrogen) atoms. The summed E-state index contributed by atoms with van der Waals surface area (Å²) >= 11 is 0. The summed E-state index contributed by atoms with van der Waals surface area (Å²) in [6.45, 7) is 0. The van der Waals surface area contributed by atoms with Gasteiger partial charge in [0, 0.05) is 33.4 Å². The topological polar surface area (TPSA) is 77.3 Å². The smallest absolute Gasteiger partial charge is 0.164 e. The van der Waals surface area contributed by atoms with Crippen molar-refractivity contribution < 1.29 is 0 Å². The lowest BCUT2D eigenvalue weighted by Crippen LogP contribution is -2.01. The van der Waals surface area contributed by atoms with Crippen molar-refractivity contribution in [1.82, 2.24) is 29.9 Å². The molecule has 6 nitrogen and oxygen atoms in total. The van der Waals surface area contributed by atoms with Crippen molar-refractivity contribution in [2.75, 3.05) is 0 Å². The molecule has 0 unspecified atom stereocenters. The summed E-state index contributed by atoms with van der Waals surface area (Å²) < 4.78 is 0. The molecule has 0 atom stereocenters. The molecule has 0 amide bonds. The van der Waals surface area contributed by atoms with Gasteiger partial charge in [-0.1, -0.05) is 188 Å². The van der Waals surface area contributed by atoms with Crippen LogP contribution in [0.4, 0.5) is 0 Å². The molecule has 0 aliphatic rings. The van der Waals surface area contributed by atoms with E-state index in [4.69, 9.17) is 29.9 Å². The van der Waals surface area contributed by atoms with Gasteiger partial charge in [0.05, 0.1) is 0 Å². The van der Waals surface area contributed by atoms with Gasteiger partial charge in [0.15, 0.2) is 34.9 Å². The van der Waals surface area contributed by atoms with E-state index in [9.17, 15) is 0 Å². The van der Waals surface area contributed by atoms with Gasteiger partial charge < -0.3 is 0 Å². The maximum absolute atomic E-state index is 5.10. The van der Waals surface area contributed by atoms with Crippen molar-refractivity contribution in [3.63, 3.8) is 0 Å². The summed E-state index contributed by atoms with van der Waals surface area (Å²) in [6, 6.07) is 65.4. The molecule has 2 aromatic heterocycles. The maximum atomic E-state index is 5.10. The Morgan fingerprint density at radius 3 is 0.833 bits per heavy atom. The second kappa shape index (κ2) is 14.7. The third-order valence-corrected chi connectivity index (χ3v) is 9.22. The van der Waals surface area contributed by atoms with Crippen molar-refractivity contribution in [1.29, 1.82) is 0 Å². The van der Waals surface area contributed by atoms with Gasteiger partial charge in [0.2, 0.25) is 0 Å². The Hall–Kier alpha value is -7.44. The molecule has 0 spiro atoms. The molecule has 0 saturated heterocycles. The van der Waals surface area contributed by atoms with Gasteiger partial charge in [-0.25, -0.2) is 29.9 Å². The zero-order valence-electron chi connectivity index (χ0n) is 29.2. The van der Waals surface area contributed by atoms with Crippen LogP contribution in [0.25, 0.3) is 90.6 Å². The fourth-order valence-corrected chi connectivity index (χ4v) is 6.46. The zero-order valence-corrected chi connectivity index (χ0v) is 29.2. The highest BCUT2D eigenvalue weighted by molar-refractivity contribution is 5.86. The van der Waals surface area contributed by atoms with E-state index in [-0.39, 0.29) is 0 Å². The maximum Gasteiger partial charge on any atom is 0.164 e. The quantitative estimate of drug-likeness (QED) is 0.158. The molecule has 0 bridgehead atoms. The number of hydrogen-bond donors (Lipinski definition) is 0. The van der Waals surface area contributed by atoms with Crippen molar-refractivity contribution in [3.8, 4) is 90.6 Å². The van der Waals surface area contributed by atoms with Crippen LogP contribution in [0.15, 0.2) is 194 Å².